The summed E-state index contributed by atoms with van der Waals surface area (Å²) < 4.78 is 31.8. The van der Waals surface area contributed by atoms with Gasteiger partial charge in [-0.15, -0.1) is 0 Å². The lowest BCUT2D eigenvalue weighted by Crippen LogP contribution is -2.53. The van der Waals surface area contributed by atoms with Gasteiger partial charge in [-0.3, -0.25) is 19.8 Å². The van der Waals surface area contributed by atoms with Crippen LogP contribution in [0, 0.1) is 10.1 Å². The van der Waals surface area contributed by atoms with E-state index in [2.05, 4.69) is 5.32 Å². The van der Waals surface area contributed by atoms with Crippen molar-refractivity contribution in [3.8, 4) is 5.75 Å². The molecular weight excluding hydrogens is 448 g/mol. The molecular formula is C22H26N4O6S. The summed E-state index contributed by atoms with van der Waals surface area (Å²) in [6, 6.07) is 12.6. The monoisotopic (exact) mass is 474 g/mol. The number of rotatable bonds is 8. The topological polar surface area (TPSA) is 122 Å². The number of sulfonamides is 1. The standard InChI is InChI=1S/C22H26N4O6S/c1-17(22(27)23-20-16-19(26(28)29)8-9-21(20)32-2)24-11-13-25(14-12-24)33(30,31)15-10-18-6-4-3-5-7-18/h3-10,15-17H,11-14H2,1-2H3,(H,23,27)/b15-10+. The molecule has 0 bridgehead atoms. The van der Waals surface area contributed by atoms with Crippen LogP contribution >= 0.6 is 0 Å². The molecule has 1 N–H and O–H groups in total. The van der Waals surface area contributed by atoms with Gasteiger partial charge in [0.15, 0.2) is 0 Å². The highest BCUT2D eigenvalue weighted by molar-refractivity contribution is 7.92. The van der Waals surface area contributed by atoms with Crippen molar-refractivity contribution in [2.24, 2.45) is 0 Å². The lowest BCUT2D eigenvalue weighted by Gasteiger charge is -2.36. The van der Waals surface area contributed by atoms with Crippen LogP contribution < -0.4 is 10.1 Å². The predicted molar refractivity (Wildman–Crippen MR) is 125 cm³/mol. The number of nitrogens with zero attached hydrogens (tertiary/aromatic N) is 3. The second-order valence-electron chi connectivity index (χ2n) is 7.50. The minimum absolute atomic E-state index is 0.166. The van der Waals surface area contributed by atoms with Gasteiger partial charge in [-0.1, -0.05) is 30.3 Å². The number of carbonyl (C=O) groups excluding carboxylic acids is 1. The van der Waals surface area contributed by atoms with Gasteiger partial charge in [-0.2, -0.15) is 4.31 Å². The van der Waals surface area contributed by atoms with Crippen LogP contribution in [-0.2, 0) is 14.8 Å². The van der Waals surface area contributed by atoms with E-state index in [1.165, 1.54) is 35.0 Å². The number of non-ortho nitro benzene ring substituents is 1. The quantitative estimate of drug-likeness (QED) is 0.461. The summed E-state index contributed by atoms with van der Waals surface area (Å²) in [5.74, 6) is -0.0589. The van der Waals surface area contributed by atoms with Crippen LogP contribution in [0.15, 0.2) is 53.9 Å². The third kappa shape index (κ3) is 6.15. The number of hydrogen-bond donors (Lipinski definition) is 1. The van der Waals surface area contributed by atoms with Gasteiger partial charge in [0.1, 0.15) is 5.75 Å². The van der Waals surface area contributed by atoms with E-state index < -0.39 is 21.0 Å². The van der Waals surface area contributed by atoms with Crippen LogP contribution in [0.3, 0.4) is 0 Å². The molecule has 1 aliphatic heterocycles. The Hall–Kier alpha value is -3.28. The van der Waals surface area contributed by atoms with Gasteiger partial charge in [0.2, 0.25) is 15.9 Å². The summed E-state index contributed by atoms with van der Waals surface area (Å²) in [4.78, 5) is 25.1. The number of hydrogen-bond acceptors (Lipinski definition) is 7. The number of nitro benzene ring substituents is 1. The number of piperazine rings is 1. The van der Waals surface area contributed by atoms with Gasteiger partial charge in [0, 0.05) is 43.7 Å². The summed E-state index contributed by atoms with van der Waals surface area (Å²) in [7, 11) is -2.17. The Balaban J connectivity index is 1.60. The van der Waals surface area contributed by atoms with Crippen LogP contribution in [0.1, 0.15) is 12.5 Å². The lowest BCUT2D eigenvalue weighted by atomic mass is 10.2. The highest BCUT2D eigenvalue weighted by atomic mass is 32.2. The Morgan fingerprint density at radius 3 is 2.42 bits per heavy atom. The molecule has 1 aliphatic rings. The zero-order chi connectivity index (χ0) is 24.0. The molecule has 1 amide bonds. The maximum absolute atomic E-state index is 12.8. The van der Waals surface area contributed by atoms with Crippen molar-refractivity contribution in [3.05, 3.63) is 69.6 Å². The molecule has 33 heavy (non-hydrogen) atoms. The van der Waals surface area contributed by atoms with Crippen molar-refractivity contribution in [1.29, 1.82) is 0 Å². The molecule has 176 valence electrons. The summed E-state index contributed by atoms with van der Waals surface area (Å²) >= 11 is 0. The fourth-order valence-corrected chi connectivity index (χ4v) is 4.64. The molecule has 1 saturated heterocycles. The number of benzene rings is 2. The Bertz CT molecular complexity index is 1130. The van der Waals surface area contributed by atoms with E-state index in [1.54, 1.807) is 13.0 Å². The van der Waals surface area contributed by atoms with Crippen LogP contribution in [0.2, 0.25) is 0 Å². The summed E-state index contributed by atoms with van der Waals surface area (Å²) in [5.41, 5.74) is 0.832. The van der Waals surface area contributed by atoms with Crippen molar-refractivity contribution in [2.45, 2.75) is 13.0 Å². The second-order valence-corrected chi connectivity index (χ2v) is 9.32. The molecule has 1 heterocycles. The average Bonchev–Trinajstić information content (AvgIpc) is 2.83. The number of anilines is 1. The predicted octanol–water partition coefficient (Wildman–Crippen LogP) is 2.55. The fourth-order valence-electron chi connectivity index (χ4n) is 3.47. The number of ether oxygens (including phenoxy) is 1. The minimum Gasteiger partial charge on any atom is -0.495 e. The van der Waals surface area contributed by atoms with E-state index in [0.717, 1.165) is 5.56 Å². The van der Waals surface area contributed by atoms with Crippen LogP contribution in [0.5, 0.6) is 5.75 Å². The highest BCUT2D eigenvalue weighted by Gasteiger charge is 2.30. The first kappa shape index (κ1) is 24.4. The number of nitro groups is 1. The minimum atomic E-state index is -3.58. The molecule has 10 nitrogen and oxygen atoms in total. The van der Waals surface area contributed by atoms with Gasteiger partial charge in [-0.25, -0.2) is 8.42 Å². The van der Waals surface area contributed by atoms with Crippen molar-refractivity contribution >= 4 is 33.4 Å². The third-order valence-electron chi connectivity index (χ3n) is 5.44. The normalized spacial score (nSPS) is 16.4. The number of carbonyl (C=O) groups is 1. The molecule has 1 atom stereocenters. The Kier molecular flexibility index (Phi) is 7.79. The first-order valence-corrected chi connectivity index (χ1v) is 11.8. The van der Waals surface area contributed by atoms with Gasteiger partial charge in [0.25, 0.3) is 5.69 Å². The van der Waals surface area contributed by atoms with E-state index in [9.17, 15) is 23.3 Å². The fraction of sp³-hybridized carbons (Fsp3) is 0.318. The van der Waals surface area contributed by atoms with E-state index in [-0.39, 0.29) is 30.4 Å². The zero-order valence-electron chi connectivity index (χ0n) is 18.4. The molecule has 0 radical (unpaired) electrons. The molecule has 2 aromatic rings. The number of methoxy groups -OCH3 is 1. The molecule has 0 aliphatic carbocycles. The average molecular weight is 475 g/mol. The van der Waals surface area contributed by atoms with Crippen LogP contribution in [0.4, 0.5) is 11.4 Å². The van der Waals surface area contributed by atoms with E-state index >= 15 is 0 Å². The third-order valence-corrected chi connectivity index (χ3v) is 7.01. The smallest absolute Gasteiger partial charge is 0.271 e. The summed E-state index contributed by atoms with van der Waals surface area (Å²) in [6.07, 6.45) is 1.56. The van der Waals surface area contributed by atoms with E-state index in [1.807, 2.05) is 35.2 Å². The second kappa shape index (κ2) is 10.6. The molecule has 3 rings (SSSR count). The first-order valence-electron chi connectivity index (χ1n) is 10.3. The van der Waals surface area contributed by atoms with Crippen molar-refractivity contribution < 1.29 is 22.9 Å². The Morgan fingerprint density at radius 1 is 1.15 bits per heavy atom. The van der Waals surface area contributed by atoms with Crippen molar-refractivity contribution in [1.82, 2.24) is 9.21 Å². The molecule has 0 spiro atoms. The molecule has 1 fully saturated rings. The molecule has 0 aromatic heterocycles. The largest absolute Gasteiger partial charge is 0.495 e. The molecule has 1 unspecified atom stereocenters. The van der Waals surface area contributed by atoms with Gasteiger partial charge in [-0.05, 0) is 24.6 Å². The highest BCUT2D eigenvalue weighted by Crippen LogP contribution is 2.29. The number of amides is 1. The summed E-state index contributed by atoms with van der Waals surface area (Å²) in [6.45, 7) is 2.95. The van der Waals surface area contributed by atoms with Crippen LogP contribution in [0.25, 0.3) is 6.08 Å². The first-order chi connectivity index (χ1) is 15.7. The summed E-state index contributed by atoms with van der Waals surface area (Å²) in [5, 5.41) is 14.9. The molecule has 11 heteroatoms. The number of nitrogens with one attached hydrogen (secondary N) is 1. The van der Waals surface area contributed by atoms with Crippen molar-refractivity contribution in [3.63, 3.8) is 0 Å². The van der Waals surface area contributed by atoms with Crippen LogP contribution in [-0.4, -0.2) is 67.8 Å². The molecule has 0 saturated carbocycles. The van der Waals surface area contributed by atoms with Crippen molar-refractivity contribution in [2.75, 3.05) is 38.6 Å². The van der Waals surface area contributed by atoms with E-state index in [4.69, 9.17) is 4.74 Å². The Labute approximate surface area is 192 Å². The van der Waals surface area contributed by atoms with E-state index in [0.29, 0.717) is 18.8 Å². The maximum atomic E-state index is 12.8. The molecule has 2 aromatic carbocycles. The SMILES string of the molecule is COc1ccc([N+](=O)[O-])cc1NC(=O)C(C)N1CCN(S(=O)(=O)/C=C/c2ccccc2)CC1. The maximum Gasteiger partial charge on any atom is 0.271 e. The van der Waals surface area contributed by atoms with Gasteiger partial charge < -0.3 is 10.1 Å². The van der Waals surface area contributed by atoms with Gasteiger partial charge >= 0.3 is 0 Å². The zero-order valence-corrected chi connectivity index (χ0v) is 19.2. The lowest BCUT2D eigenvalue weighted by molar-refractivity contribution is -0.384. The van der Waals surface area contributed by atoms with Gasteiger partial charge in [0.05, 0.1) is 23.8 Å². The Morgan fingerprint density at radius 2 is 1.82 bits per heavy atom.